The predicted octanol–water partition coefficient (Wildman–Crippen LogP) is -1.82. The molecule has 0 aromatic heterocycles. The number of hydrogen-bond donors (Lipinski definition) is 3. The first-order valence-corrected chi connectivity index (χ1v) is 3.71. The number of nitrogens with zero attached hydrogens (tertiary/aromatic N) is 1. The molecule has 2 aliphatic heterocycles. The molecule has 13 heavy (non-hydrogen) atoms. The van der Waals surface area contributed by atoms with Gasteiger partial charge in [0.05, 0.1) is 6.54 Å². The van der Waals surface area contributed by atoms with Gasteiger partial charge in [-0.15, -0.1) is 0 Å². The van der Waals surface area contributed by atoms with Crippen LogP contribution < -0.4 is 16.0 Å². The van der Waals surface area contributed by atoms with Crippen LogP contribution in [0.5, 0.6) is 0 Å². The van der Waals surface area contributed by atoms with E-state index in [0.717, 1.165) is 0 Å². The van der Waals surface area contributed by atoms with Crippen molar-refractivity contribution < 1.29 is 14.4 Å². The van der Waals surface area contributed by atoms with E-state index in [1.807, 2.05) is 0 Å². The maximum Gasteiger partial charge on any atom is 0.323 e. The quantitative estimate of drug-likeness (QED) is 0.387. The molecule has 1 unspecified atom stereocenters. The molecule has 2 fully saturated rings. The molecule has 0 aromatic rings. The van der Waals surface area contributed by atoms with Gasteiger partial charge in [0.1, 0.15) is 0 Å². The number of hydrogen-bond acceptors (Lipinski definition) is 3. The van der Waals surface area contributed by atoms with Gasteiger partial charge in [0.15, 0.2) is 0 Å². The highest BCUT2D eigenvalue weighted by molar-refractivity contribution is 6.09. The molecule has 0 saturated carbocycles. The Morgan fingerprint density at radius 1 is 1.38 bits per heavy atom. The molecule has 70 valence electrons. The Bertz CT molecular complexity index is 315. The predicted molar refractivity (Wildman–Crippen MR) is 40.6 cm³/mol. The van der Waals surface area contributed by atoms with Crippen LogP contribution in [0.15, 0.2) is 0 Å². The molecule has 0 bridgehead atoms. The molecule has 2 aliphatic rings. The van der Waals surface area contributed by atoms with E-state index in [9.17, 15) is 14.4 Å². The molecule has 3 N–H and O–H groups in total. The van der Waals surface area contributed by atoms with Crippen LogP contribution in [0, 0.1) is 0 Å². The summed E-state index contributed by atoms with van der Waals surface area (Å²) in [6.07, 6.45) is 0. The number of carbonyl (C=O) groups excluding carboxylic acids is 3. The van der Waals surface area contributed by atoms with Crippen molar-refractivity contribution in [1.29, 1.82) is 0 Å². The summed E-state index contributed by atoms with van der Waals surface area (Å²) in [5.74, 6) is -0.502. The smallest absolute Gasteiger partial charge is 0.323 e. The molecule has 2 saturated heterocycles. The van der Waals surface area contributed by atoms with Crippen LogP contribution in [-0.2, 0) is 4.79 Å². The lowest BCUT2D eigenvalue weighted by molar-refractivity contribution is -0.127. The fourth-order valence-corrected chi connectivity index (χ4v) is 1.46. The molecule has 7 heteroatoms. The molecule has 2 heterocycles. The maximum absolute atomic E-state index is 11.3. The first-order valence-electron chi connectivity index (χ1n) is 3.71. The molecule has 0 aliphatic carbocycles. The second-order valence-electron chi connectivity index (χ2n) is 2.99. The highest BCUT2D eigenvalue weighted by Crippen LogP contribution is 2.18. The number of nitrogens with one attached hydrogen (secondary N) is 3. The summed E-state index contributed by atoms with van der Waals surface area (Å²) in [5, 5.41) is 6.94. The second-order valence-corrected chi connectivity index (χ2v) is 2.99. The summed E-state index contributed by atoms with van der Waals surface area (Å²) in [6, 6.07) is -0.953. The Hall–Kier alpha value is -1.79. The number of carbonyl (C=O) groups is 3. The Labute approximate surface area is 73.4 Å². The third-order valence-electron chi connectivity index (χ3n) is 2.30. The number of amides is 5. The SMILES string of the molecule is CN1C(=O)NCC12NC(=O)NC2=O. The van der Waals surface area contributed by atoms with E-state index in [-0.39, 0.29) is 12.6 Å². The standard InChI is InChI=1S/C6H8N4O3/c1-10-5(13)7-2-6(10)3(11)8-4(12)9-6/h2H2,1H3,(H,7,13)(H2,8,9,11,12). The summed E-state index contributed by atoms with van der Waals surface area (Å²) in [5.41, 5.74) is -1.23. The summed E-state index contributed by atoms with van der Waals surface area (Å²) >= 11 is 0. The highest BCUT2D eigenvalue weighted by Gasteiger charge is 2.55. The topological polar surface area (TPSA) is 90.5 Å². The minimum absolute atomic E-state index is 0.0971. The number of likely N-dealkylation sites (N-methyl/N-ethyl adjacent to an activating group) is 1. The summed E-state index contributed by atoms with van der Waals surface area (Å²) in [7, 11) is 1.45. The summed E-state index contributed by atoms with van der Waals surface area (Å²) in [4.78, 5) is 34.4. The van der Waals surface area contributed by atoms with Gasteiger partial charge in [0.2, 0.25) is 5.66 Å². The van der Waals surface area contributed by atoms with Crippen LogP contribution >= 0.6 is 0 Å². The van der Waals surface area contributed by atoms with Crippen molar-refractivity contribution in [2.75, 3.05) is 13.6 Å². The highest BCUT2D eigenvalue weighted by atomic mass is 16.2. The van der Waals surface area contributed by atoms with Crippen LogP contribution in [0.25, 0.3) is 0 Å². The fraction of sp³-hybridized carbons (Fsp3) is 0.500. The Morgan fingerprint density at radius 2 is 2.08 bits per heavy atom. The van der Waals surface area contributed by atoms with Crippen molar-refractivity contribution in [3.63, 3.8) is 0 Å². The third-order valence-corrected chi connectivity index (χ3v) is 2.30. The van der Waals surface area contributed by atoms with E-state index in [4.69, 9.17) is 0 Å². The van der Waals surface area contributed by atoms with Crippen molar-refractivity contribution >= 4 is 18.0 Å². The van der Waals surface area contributed by atoms with Crippen molar-refractivity contribution in [1.82, 2.24) is 20.9 Å². The molecule has 1 spiro atoms. The maximum atomic E-state index is 11.3. The zero-order valence-electron chi connectivity index (χ0n) is 6.88. The van der Waals surface area contributed by atoms with E-state index >= 15 is 0 Å². The van der Waals surface area contributed by atoms with Crippen LogP contribution in [0.2, 0.25) is 0 Å². The first kappa shape index (κ1) is 7.84. The van der Waals surface area contributed by atoms with Crippen molar-refractivity contribution in [3.8, 4) is 0 Å². The van der Waals surface area contributed by atoms with E-state index < -0.39 is 17.6 Å². The van der Waals surface area contributed by atoms with E-state index in [0.29, 0.717) is 0 Å². The van der Waals surface area contributed by atoms with Gasteiger partial charge in [-0.3, -0.25) is 15.0 Å². The molecule has 0 aromatic carbocycles. The van der Waals surface area contributed by atoms with E-state index in [1.165, 1.54) is 11.9 Å². The van der Waals surface area contributed by atoms with Gasteiger partial charge in [0.25, 0.3) is 5.91 Å². The van der Waals surface area contributed by atoms with E-state index in [2.05, 4.69) is 16.0 Å². The van der Waals surface area contributed by atoms with Gasteiger partial charge in [-0.05, 0) is 0 Å². The Kier molecular flexibility index (Phi) is 1.28. The van der Waals surface area contributed by atoms with Crippen molar-refractivity contribution in [2.45, 2.75) is 5.66 Å². The largest absolute Gasteiger partial charge is 0.333 e. The number of imide groups is 1. The van der Waals surface area contributed by atoms with Gasteiger partial charge in [0, 0.05) is 7.05 Å². The second kappa shape index (κ2) is 2.12. The van der Waals surface area contributed by atoms with Crippen LogP contribution in [-0.4, -0.2) is 42.1 Å². The lowest BCUT2D eigenvalue weighted by atomic mass is 10.1. The van der Waals surface area contributed by atoms with Crippen LogP contribution in [0.1, 0.15) is 0 Å². The zero-order chi connectivity index (χ0) is 9.64. The minimum Gasteiger partial charge on any atom is -0.333 e. The molecule has 7 nitrogen and oxygen atoms in total. The van der Waals surface area contributed by atoms with Gasteiger partial charge in [-0.25, -0.2) is 9.59 Å². The fourth-order valence-electron chi connectivity index (χ4n) is 1.46. The average molecular weight is 184 g/mol. The molecule has 5 amide bonds. The van der Waals surface area contributed by atoms with Crippen molar-refractivity contribution in [2.24, 2.45) is 0 Å². The van der Waals surface area contributed by atoms with Crippen LogP contribution in [0.3, 0.4) is 0 Å². The molecular formula is C6H8N4O3. The average Bonchev–Trinajstić information content (AvgIpc) is 2.49. The molecule has 1 atom stereocenters. The van der Waals surface area contributed by atoms with Gasteiger partial charge in [-0.2, -0.15) is 0 Å². The van der Waals surface area contributed by atoms with Crippen LogP contribution in [0.4, 0.5) is 9.59 Å². The Balaban J connectivity index is 2.36. The summed E-state index contributed by atoms with van der Waals surface area (Å²) < 4.78 is 0. The monoisotopic (exact) mass is 184 g/mol. The minimum atomic E-state index is -1.23. The van der Waals surface area contributed by atoms with Gasteiger partial charge < -0.3 is 10.6 Å². The zero-order valence-corrected chi connectivity index (χ0v) is 6.88. The molecule has 0 radical (unpaired) electrons. The normalized spacial score (nSPS) is 32.1. The van der Waals surface area contributed by atoms with Crippen molar-refractivity contribution in [3.05, 3.63) is 0 Å². The summed E-state index contributed by atoms with van der Waals surface area (Å²) in [6.45, 7) is 0.0971. The number of rotatable bonds is 0. The van der Waals surface area contributed by atoms with Gasteiger partial charge in [-0.1, -0.05) is 0 Å². The molecule has 2 rings (SSSR count). The van der Waals surface area contributed by atoms with Gasteiger partial charge >= 0.3 is 12.1 Å². The Morgan fingerprint density at radius 3 is 2.46 bits per heavy atom. The lowest BCUT2D eigenvalue weighted by Gasteiger charge is -2.25. The molecular weight excluding hydrogens is 176 g/mol. The number of urea groups is 2. The first-order chi connectivity index (χ1) is 6.06. The van der Waals surface area contributed by atoms with E-state index in [1.54, 1.807) is 0 Å². The third kappa shape index (κ3) is 0.807. The lowest BCUT2D eigenvalue weighted by Crippen LogP contribution is -2.58.